The van der Waals surface area contributed by atoms with Gasteiger partial charge in [-0.2, -0.15) is 0 Å². The van der Waals surface area contributed by atoms with Crippen molar-refractivity contribution in [1.82, 2.24) is 9.62 Å². The lowest BCUT2D eigenvalue weighted by atomic mass is 10.1. The Balaban J connectivity index is 1.68. The predicted molar refractivity (Wildman–Crippen MR) is 120 cm³/mol. The summed E-state index contributed by atoms with van der Waals surface area (Å²) < 4.78 is 26.3. The number of carbonyl (C=O) groups is 1. The lowest BCUT2D eigenvalue weighted by molar-refractivity contribution is 0.0953. The molecule has 1 aliphatic heterocycles. The molecule has 0 unspecified atom stereocenters. The Bertz CT molecular complexity index is 953. The van der Waals surface area contributed by atoms with Crippen LogP contribution in [-0.4, -0.2) is 52.4 Å². The third kappa shape index (κ3) is 5.40. The number of hydrogen-bond acceptors (Lipinski definition) is 4. The first kappa shape index (κ1) is 22.3. The number of nitrogens with zero attached hydrogens (tertiary/aromatic N) is 2. The highest BCUT2D eigenvalue weighted by molar-refractivity contribution is 7.89. The van der Waals surface area contributed by atoms with E-state index < -0.39 is 10.0 Å². The summed E-state index contributed by atoms with van der Waals surface area (Å²) in [5, 5.41) is 2.98. The topological polar surface area (TPSA) is 69.7 Å². The molecule has 1 heterocycles. The van der Waals surface area contributed by atoms with E-state index >= 15 is 0 Å². The Kier molecular flexibility index (Phi) is 7.50. The molecule has 0 saturated carbocycles. The zero-order valence-electron chi connectivity index (χ0n) is 17.8. The summed E-state index contributed by atoms with van der Waals surface area (Å²) in [6, 6.07) is 15.2. The van der Waals surface area contributed by atoms with Crippen LogP contribution in [0.25, 0.3) is 0 Å². The highest BCUT2D eigenvalue weighted by Crippen LogP contribution is 2.28. The first-order valence-electron chi connectivity index (χ1n) is 10.5. The SMILES string of the molecule is CN(C)S(=O)(=O)c1ccc(N2CCCC2)c(C(=O)NCCCCc2ccccc2)c1. The molecule has 0 aromatic heterocycles. The molecule has 7 heteroatoms. The number of rotatable bonds is 9. The van der Waals surface area contributed by atoms with Crippen LogP contribution < -0.4 is 10.2 Å². The van der Waals surface area contributed by atoms with Crippen molar-refractivity contribution < 1.29 is 13.2 Å². The molecule has 1 N–H and O–H groups in total. The fourth-order valence-corrected chi connectivity index (χ4v) is 4.63. The molecule has 1 fully saturated rings. The van der Waals surface area contributed by atoms with Gasteiger partial charge in [-0.05, 0) is 55.9 Å². The van der Waals surface area contributed by atoms with Crippen LogP contribution in [0, 0.1) is 0 Å². The quantitative estimate of drug-likeness (QED) is 0.621. The van der Waals surface area contributed by atoms with Gasteiger partial charge >= 0.3 is 0 Å². The Morgan fingerprint density at radius 2 is 1.73 bits per heavy atom. The van der Waals surface area contributed by atoms with Crippen molar-refractivity contribution in [3.63, 3.8) is 0 Å². The van der Waals surface area contributed by atoms with Crippen molar-refractivity contribution in [2.24, 2.45) is 0 Å². The highest BCUT2D eigenvalue weighted by Gasteiger charge is 2.24. The second kappa shape index (κ2) is 10.1. The van der Waals surface area contributed by atoms with Crippen LogP contribution in [0.4, 0.5) is 5.69 Å². The van der Waals surface area contributed by atoms with Gasteiger partial charge in [-0.1, -0.05) is 30.3 Å². The number of hydrogen-bond donors (Lipinski definition) is 1. The number of nitrogens with one attached hydrogen (secondary N) is 1. The van der Waals surface area contributed by atoms with Crippen LogP contribution in [0.3, 0.4) is 0 Å². The number of carbonyl (C=O) groups excluding carboxylic acids is 1. The standard InChI is InChI=1S/C23H31N3O3S/c1-25(2)30(28,29)20-13-14-22(26-16-8-9-17-26)21(18-20)23(27)24-15-7-6-12-19-10-4-3-5-11-19/h3-5,10-11,13-14,18H,6-9,12,15-17H2,1-2H3,(H,24,27). The Hall–Kier alpha value is -2.38. The smallest absolute Gasteiger partial charge is 0.253 e. The van der Waals surface area contributed by atoms with Crippen LogP contribution in [-0.2, 0) is 16.4 Å². The number of sulfonamides is 1. The fraction of sp³-hybridized carbons (Fsp3) is 0.435. The van der Waals surface area contributed by atoms with E-state index in [2.05, 4.69) is 22.3 Å². The molecule has 2 aromatic rings. The number of amides is 1. The summed E-state index contributed by atoms with van der Waals surface area (Å²) in [6.45, 7) is 2.34. The minimum absolute atomic E-state index is 0.143. The van der Waals surface area contributed by atoms with Crippen molar-refractivity contribution in [2.45, 2.75) is 37.0 Å². The first-order chi connectivity index (χ1) is 14.4. The molecular formula is C23H31N3O3S. The van der Waals surface area contributed by atoms with E-state index in [-0.39, 0.29) is 10.8 Å². The van der Waals surface area contributed by atoms with Crippen molar-refractivity contribution >= 4 is 21.6 Å². The fourth-order valence-electron chi connectivity index (χ4n) is 3.70. The summed E-state index contributed by atoms with van der Waals surface area (Å²) in [6.07, 6.45) is 5.00. The molecule has 0 atom stereocenters. The molecule has 30 heavy (non-hydrogen) atoms. The summed E-state index contributed by atoms with van der Waals surface area (Å²) in [5.41, 5.74) is 2.54. The molecule has 3 rings (SSSR count). The third-order valence-electron chi connectivity index (χ3n) is 5.46. The van der Waals surface area contributed by atoms with Crippen LogP contribution in [0.2, 0.25) is 0 Å². The van der Waals surface area contributed by atoms with Crippen molar-refractivity contribution in [1.29, 1.82) is 0 Å². The molecule has 0 bridgehead atoms. The van der Waals surface area contributed by atoms with Gasteiger partial charge in [0.25, 0.3) is 5.91 Å². The van der Waals surface area contributed by atoms with Gasteiger partial charge < -0.3 is 10.2 Å². The Labute approximate surface area is 179 Å². The minimum Gasteiger partial charge on any atom is -0.371 e. The number of benzene rings is 2. The Morgan fingerprint density at radius 1 is 1.03 bits per heavy atom. The zero-order chi connectivity index (χ0) is 21.6. The van der Waals surface area contributed by atoms with E-state index in [1.54, 1.807) is 12.1 Å². The second-order valence-electron chi connectivity index (χ2n) is 7.86. The van der Waals surface area contributed by atoms with Crippen LogP contribution in [0.1, 0.15) is 41.6 Å². The van der Waals surface area contributed by atoms with Crippen LogP contribution >= 0.6 is 0 Å². The zero-order valence-corrected chi connectivity index (χ0v) is 18.6. The number of unbranched alkanes of at least 4 members (excludes halogenated alkanes) is 1. The van der Waals surface area contributed by atoms with E-state index in [0.29, 0.717) is 12.1 Å². The molecule has 1 aliphatic rings. The van der Waals surface area contributed by atoms with E-state index in [1.807, 2.05) is 18.2 Å². The van der Waals surface area contributed by atoms with Gasteiger partial charge in [0, 0.05) is 39.4 Å². The largest absolute Gasteiger partial charge is 0.371 e. The van der Waals surface area contributed by atoms with E-state index in [0.717, 1.165) is 50.9 Å². The average molecular weight is 430 g/mol. The van der Waals surface area contributed by atoms with Gasteiger partial charge in [0.15, 0.2) is 0 Å². The molecule has 0 aliphatic carbocycles. The van der Waals surface area contributed by atoms with Gasteiger partial charge in [-0.3, -0.25) is 4.79 Å². The molecule has 1 saturated heterocycles. The van der Waals surface area contributed by atoms with Crippen molar-refractivity contribution in [2.75, 3.05) is 38.6 Å². The van der Waals surface area contributed by atoms with E-state index in [9.17, 15) is 13.2 Å². The summed E-state index contributed by atoms with van der Waals surface area (Å²) in [5.74, 6) is -0.215. The minimum atomic E-state index is -3.60. The summed E-state index contributed by atoms with van der Waals surface area (Å²) in [4.78, 5) is 15.3. The lowest BCUT2D eigenvalue weighted by Gasteiger charge is -2.22. The van der Waals surface area contributed by atoms with Gasteiger partial charge in [-0.15, -0.1) is 0 Å². The normalized spacial score (nSPS) is 14.3. The predicted octanol–water partition coefficient (Wildman–Crippen LogP) is 3.29. The van der Waals surface area contributed by atoms with Crippen molar-refractivity contribution in [3.05, 3.63) is 59.7 Å². The molecule has 0 spiro atoms. The average Bonchev–Trinajstić information content (AvgIpc) is 3.28. The van der Waals surface area contributed by atoms with E-state index in [1.165, 1.54) is 30.0 Å². The van der Waals surface area contributed by atoms with Gasteiger partial charge in [0.2, 0.25) is 10.0 Å². The van der Waals surface area contributed by atoms with Crippen molar-refractivity contribution in [3.8, 4) is 0 Å². The first-order valence-corrected chi connectivity index (χ1v) is 12.0. The maximum absolute atomic E-state index is 13.0. The molecule has 0 radical (unpaired) electrons. The molecule has 1 amide bonds. The molecular weight excluding hydrogens is 398 g/mol. The van der Waals surface area contributed by atoms with Crippen LogP contribution in [0.15, 0.2) is 53.4 Å². The Morgan fingerprint density at radius 3 is 2.40 bits per heavy atom. The van der Waals surface area contributed by atoms with E-state index in [4.69, 9.17) is 0 Å². The second-order valence-corrected chi connectivity index (χ2v) is 10.0. The number of anilines is 1. The maximum atomic E-state index is 13.0. The van der Waals surface area contributed by atoms with Gasteiger partial charge in [0.1, 0.15) is 0 Å². The lowest BCUT2D eigenvalue weighted by Crippen LogP contribution is -2.29. The molecule has 2 aromatic carbocycles. The van der Waals surface area contributed by atoms with Gasteiger partial charge in [0.05, 0.1) is 10.5 Å². The molecule has 6 nitrogen and oxygen atoms in total. The summed E-state index contributed by atoms with van der Waals surface area (Å²) >= 11 is 0. The highest BCUT2D eigenvalue weighted by atomic mass is 32.2. The number of aryl methyl sites for hydroxylation is 1. The molecule has 162 valence electrons. The maximum Gasteiger partial charge on any atom is 0.253 e. The third-order valence-corrected chi connectivity index (χ3v) is 7.27. The van der Waals surface area contributed by atoms with Gasteiger partial charge in [-0.25, -0.2) is 12.7 Å². The van der Waals surface area contributed by atoms with Crippen LogP contribution in [0.5, 0.6) is 0 Å². The monoisotopic (exact) mass is 429 g/mol. The summed E-state index contributed by atoms with van der Waals surface area (Å²) in [7, 11) is -0.606.